The number of hydrogen-bond donors (Lipinski definition) is 2. The molecule has 140 valence electrons. The van der Waals surface area contributed by atoms with Crippen molar-refractivity contribution in [3.8, 4) is 0 Å². The second-order valence-electron chi connectivity index (χ2n) is 6.19. The number of amides is 1. The lowest BCUT2D eigenvalue weighted by atomic mass is 10.2. The predicted molar refractivity (Wildman–Crippen MR) is 87.9 cm³/mol. The third kappa shape index (κ3) is 6.54. The summed E-state index contributed by atoms with van der Waals surface area (Å²) < 4.78 is 38.3. The van der Waals surface area contributed by atoms with E-state index >= 15 is 0 Å². The molecule has 1 aliphatic rings. The summed E-state index contributed by atoms with van der Waals surface area (Å²) >= 11 is 0. The highest BCUT2D eigenvalue weighted by molar-refractivity contribution is 5.81. The molecule has 1 fully saturated rings. The zero-order valence-corrected chi connectivity index (χ0v) is 14.8. The Balaban J connectivity index is 2.40. The van der Waals surface area contributed by atoms with Crippen molar-refractivity contribution in [2.45, 2.75) is 45.5 Å². The molecule has 0 saturated carbocycles. The quantitative estimate of drug-likeness (QED) is 0.574. The summed E-state index contributed by atoms with van der Waals surface area (Å²) in [5.74, 6) is 0.573. The van der Waals surface area contributed by atoms with E-state index in [9.17, 15) is 18.0 Å². The molecule has 1 aliphatic heterocycles. The Morgan fingerprint density at radius 2 is 1.75 bits per heavy atom. The molecule has 0 radical (unpaired) electrons. The third-order valence-electron chi connectivity index (χ3n) is 3.93. The largest absolute Gasteiger partial charge is 0.403 e. The summed E-state index contributed by atoms with van der Waals surface area (Å²) in [5, 5.41) is 5.89. The number of carbonyl (C=O) groups is 1. The molecule has 6 nitrogen and oxygen atoms in total. The summed E-state index contributed by atoms with van der Waals surface area (Å²) in [6, 6.07) is -1.34. The Morgan fingerprint density at radius 3 is 2.21 bits per heavy atom. The van der Waals surface area contributed by atoms with Crippen LogP contribution >= 0.6 is 0 Å². The second-order valence-corrected chi connectivity index (χ2v) is 6.19. The van der Waals surface area contributed by atoms with Gasteiger partial charge in [0.25, 0.3) is 0 Å². The molecule has 0 aromatic rings. The molecule has 2 N–H and O–H groups in total. The number of alkyl halides is 3. The Labute approximate surface area is 141 Å². The predicted octanol–water partition coefficient (Wildman–Crippen LogP) is 1.04. The summed E-state index contributed by atoms with van der Waals surface area (Å²) in [7, 11) is 1.63. The Bertz CT molecular complexity index is 431. The van der Waals surface area contributed by atoms with Crippen molar-refractivity contribution in [2.75, 3.05) is 39.8 Å². The first-order chi connectivity index (χ1) is 11.1. The van der Waals surface area contributed by atoms with Crippen LogP contribution in [0.3, 0.4) is 0 Å². The molecule has 0 spiro atoms. The molecule has 1 amide bonds. The minimum atomic E-state index is -4.20. The SMILES string of the molecule is CN=C(NCCC(=O)NC(C)C)N1CCN(C(C)C(F)(F)F)CC1. The number of nitrogens with one attached hydrogen (secondary N) is 2. The van der Waals surface area contributed by atoms with E-state index in [-0.39, 0.29) is 11.9 Å². The standard InChI is InChI=1S/C15H28F3N5O/c1-11(2)21-13(24)5-6-20-14(19-4)23-9-7-22(8-10-23)12(3)15(16,17)18/h11-12H,5-10H2,1-4H3,(H,19,20)(H,21,24). The van der Waals surface area contributed by atoms with Gasteiger partial charge >= 0.3 is 6.18 Å². The first kappa shape index (κ1) is 20.5. The molecule has 9 heteroatoms. The topological polar surface area (TPSA) is 60.0 Å². The van der Waals surface area contributed by atoms with E-state index in [1.807, 2.05) is 18.7 Å². The number of hydrogen-bond acceptors (Lipinski definition) is 3. The van der Waals surface area contributed by atoms with E-state index in [0.29, 0.717) is 45.1 Å². The van der Waals surface area contributed by atoms with Crippen molar-refractivity contribution in [1.82, 2.24) is 20.4 Å². The fraction of sp³-hybridized carbons (Fsp3) is 0.867. The van der Waals surface area contributed by atoms with Crippen LogP contribution in [0.2, 0.25) is 0 Å². The van der Waals surface area contributed by atoms with Crippen LogP contribution in [0.15, 0.2) is 4.99 Å². The van der Waals surface area contributed by atoms with Gasteiger partial charge in [-0.15, -0.1) is 0 Å². The molecule has 0 aliphatic carbocycles. The number of nitrogens with zero attached hydrogens (tertiary/aromatic N) is 3. The lowest BCUT2D eigenvalue weighted by molar-refractivity contribution is -0.181. The van der Waals surface area contributed by atoms with Gasteiger partial charge in [-0.05, 0) is 20.8 Å². The van der Waals surface area contributed by atoms with Gasteiger partial charge in [0.15, 0.2) is 5.96 Å². The molecule has 1 unspecified atom stereocenters. The molecule has 1 heterocycles. The molecular formula is C15H28F3N5O. The van der Waals surface area contributed by atoms with Crippen LogP contribution < -0.4 is 10.6 Å². The van der Waals surface area contributed by atoms with Crippen molar-refractivity contribution < 1.29 is 18.0 Å². The molecule has 1 atom stereocenters. The zero-order chi connectivity index (χ0) is 18.3. The van der Waals surface area contributed by atoms with Gasteiger partial charge in [0.2, 0.25) is 5.91 Å². The highest BCUT2D eigenvalue weighted by Crippen LogP contribution is 2.25. The third-order valence-corrected chi connectivity index (χ3v) is 3.93. The first-order valence-corrected chi connectivity index (χ1v) is 8.21. The van der Waals surface area contributed by atoms with Crippen LogP contribution in [0.5, 0.6) is 0 Å². The number of rotatable bonds is 5. The van der Waals surface area contributed by atoms with E-state index in [2.05, 4.69) is 15.6 Å². The van der Waals surface area contributed by atoms with Crippen LogP contribution in [0.4, 0.5) is 13.2 Å². The summed E-state index contributed by atoms with van der Waals surface area (Å²) in [6.45, 7) is 7.01. The van der Waals surface area contributed by atoms with Crippen molar-refractivity contribution in [3.05, 3.63) is 0 Å². The molecule has 1 rings (SSSR count). The van der Waals surface area contributed by atoms with Gasteiger partial charge in [0.1, 0.15) is 6.04 Å². The molecular weight excluding hydrogens is 323 g/mol. The van der Waals surface area contributed by atoms with E-state index in [1.165, 1.54) is 11.8 Å². The fourth-order valence-electron chi connectivity index (χ4n) is 2.54. The van der Waals surface area contributed by atoms with Gasteiger partial charge in [-0.2, -0.15) is 13.2 Å². The fourth-order valence-corrected chi connectivity index (χ4v) is 2.54. The molecule has 1 saturated heterocycles. The molecule has 0 bridgehead atoms. The monoisotopic (exact) mass is 351 g/mol. The minimum absolute atomic E-state index is 0.0447. The maximum atomic E-state index is 12.8. The van der Waals surface area contributed by atoms with Crippen LogP contribution in [-0.4, -0.2) is 79.7 Å². The van der Waals surface area contributed by atoms with Gasteiger partial charge < -0.3 is 15.5 Å². The summed E-state index contributed by atoms with van der Waals surface area (Å²) in [4.78, 5) is 19.1. The number of piperazine rings is 1. The second kappa shape index (κ2) is 9.10. The van der Waals surface area contributed by atoms with Crippen LogP contribution in [0.1, 0.15) is 27.2 Å². The minimum Gasteiger partial charge on any atom is -0.356 e. The van der Waals surface area contributed by atoms with Crippen molar-refractivity contribution in [2.24, 2.45) is 4.99 Å². The zero-order valence-electron chi connectivity index (χ0n) is 14.8. The maximum Gasteiger partial charge on any atom is 0.403 e. The molecule has 0 aromatic heterocycles. The lowest BCUT2D eigenvalue weighted by Crippen LogP contribution is -2.56. The van der Waals surface area contributed by atoms with Gasteiger partial charge in [0, 0.05) is 52.2 Å². The highest BCUT2D eigenvalue weighted by atomic mass is 19.4. The Morgan fingerprint density at radius 1 is 1.17 bits per heavy atom. The lowest BCUT2D eigenvalue weighted by Gasteiger charge is -2.39. The molecule has 0 aromatic carbocycles. The van der Waals surface area contributed by atoms with E-state index in [0.717, 1.165) is 0 Å². The number of aliphatic imine (C=N–C) groups is 1. The Hall–Kier alpha value is -1.51. The average Bonchev–Trinajstić information content (AvgIpc) is 2.49. The van der Waals surface area contributed by atoms with E-state index < -0.39 is 12.2 Å². The van der Waals surface area contributed by atoms with Gasteiger partial charge in [0.05, 0.1) is 0 Å². The molecule has 24 heavy (non-hydrogen) atoms. The van der Waals surface area contributed by atoms with Crippen molar-refractivity contribution >= 4 is 11.9 Å². The first-order valence-electron chi connectivity index (χ1n) is 8.21. The number of halogens is 3. The van der Waals surface area contributed by atoms with Gasteiger partial charge in [-0.25, -0.2) is 0 Å². The maximum absolute atomic E-state index is 12.8. The Kier molecular flexibility index (Phi) is 7.78. The van der Waals surface area contributed by atoms with Gasteiger partial charge in [-0.3, -0.25) is 14.7 Å². The van der Waals surface area contributed by atoms with Crippen molar-refractivity contribution in [1.29, 1.82) is 0 Å². The van der Waals surface area contributed by atoms with Crippen LogP contribution in [0.25, 0.3) is 0 Å². The van der Waals surface area contributed by atoms with E-state index in [1.54, 1.807) is 7.05 Å². The summed E-state index contributed by atoms with van der Waals surface area (Å²) in [6.07, 6.45) is -3.88. The average molecular weight is 351 g/mol. The highest BCUT2D eigenvalue weighted by Gasteiger charge is 2.41. The van der Waals surface area contributed by atoms with Crippen LogP contribution in [0, 0.1) is 0 Å². The van der Waals surface area contributed by atoms with E-state index in [4.69, 9.17) is 0 Å². The number of guanidine groups is 1. The van der Waals surface area contributed by atoms with Crippen LogP contribution in [-0.2, 0) is 4.79 Å². The number of carbonyl (C=O) groups excluding carboxylic acids is 1. The van der Waals surface area contributed by atoms with Gasteiger partial charge in [-0.1, -0.05) is 0 Å². The smallest absolute Gasteiger partial charge is 0.356 e. The van der Waals surface area contributed by atoms with Crippen molar-refractivity contribution in [3.63, 3.8) is 0 Å². The summed E-state index contributed by atoms with van der Waals surface area (Å²) in [5.41, 5.74) is 0. The normalized spacial score (nSPS) is 18.7.